The van der Waals surface area contributed by atoms with Crippen LogP contribution in [0.4, 0.5) is 0 Å². The molecule has 0 saturated heterocycles. The van der Waals surface area contributed by atoms with E-state index in [0.29, 0.717) is 6.42 Å². The van der Waals surface area contributed by atoms with Crippen LogP contribution in [0.15, 0.2) is 73.3 Å². The van der Waals surface area contributed by atoms with Crippen LogP contribution >= 0.6 is 0 Å². The molecule has 1 unspecified atom stereocenters. The predicted octanol–water partition coefficient (Wildman–Crippen LogP) is 4.69. The molecule has 0 heterocycles. The zero-order valence-corrected chi connectivity index (χ0v) is 11.9. The molecule has 1 atom stereocenters. The van der Waals surface area contributed by atoms with Gasteiger partial charge in [0.25, 0.3) is 0 Å². The van der Waals surface area contributed by atoms with Crippen LogP contribution in [0.1, 0.15) is 29.3 Å². The van der Waals surface area contributed by atoms with Gasteiger partial charge in [-0.3, -0.25) is 4.79 Å². The summed E-state index contributed by atoms with van der Waals surface area (Å²) in [6.45, 7) is 6.01. The minimum Gasteiger partial charge on any atom is -0.294 e. The molecule has 2 aromatic rings. The van der Waals surface area contributed by atoms with Gasteiger partial charge >= 0.3 is 0 Å². The normalized spacial score (nSPS) is 13.4. The Bertz CT molecular complexity index is 571. The van der Waals surface area contributed by atoms with E-state index < -0.39 is 0 Å². The van der Waals surface area contributed by atoms with Crippen LogP contribution in [0, 0.1) is 5.41 Å². The second-order valence-electron chi connectivity index (χ2n) is 5.49. The maximum atomic E-state index is 12.4. The lowest BCUT2D eigenvalue weighted by Crippen LogP contribution is -2.21. The third kappa shape index (κ3) is 3.67. The molecule has 0 aliphatic heterocycles. The van der Waals surface area contributed by atoms with Crippen molar-refractivity contribution in [1.29, 1.82) is 0 Å². The van der Waals surface area contributed by atoms with Gasteiger partial charge in [-0.15, -0.1) is 6.58 Å². The molecule has 1 heteroatoms. The van der Waals surface area contributed by atoms with Crippen LogP contribution in [0.25, 0.3) is 0 Å². The van der Waals surface area contributed by atoms with E-state index in [1.807, 2.05) is 54.6 Å². The first-order valence-electron chi connectivity index (χ1n) is 6.89. The molecule has 1 nitrogen and oxygen atoms in total. The fraction of sp³-hybridized carbons (Fsp3) is 0.211. The summed E-state index contributed by atoms with van der Waals surface area (Å²) in [5, 5.41) is 0. The molecule has 2 rings (SSSR count). The molecule has 0 bridgehead atoms. The van der Waals surface area contributed by atoms with Crippen molar-refractivity contribution in [2.45, 2.75) is 19.8 Å². The lowest BCUT2D eigenvalue weighted by Gasteiger charge is -2.25. The maximum Gasteiger partial charge on any atom is 0.163 e. The van der Waals surface area contributed by atoms with Crippen LogP contribution in [-0.2, 0) is 6.42 Å². The SMILES string of the molecule is C=CC(C)(CC(=O)c1ccccc1)Cc1ccccc1. The van der Waals surface area contributed by atoms with Gasteiger partial charge in [0.05, 0.1) is 0 Å². The highest BCUT2D eigenvalue weighted by atomic mass is 16.1. The van der Waals surface area contributed by atoms with Crippen molar-refractivity contribution in [3.8, 4) is 0 Å². The summed E-state index contributed by atoms with van der Waals surface area (Å²) in [5.74, 6) is 0.170. The fourth-order valence-electron chi connectivity index (χ4n) is 2.36. The number of rotatable bonds is 6. The summed E-state index contributed by atoms with van der Waals surface area (Å²) in [7, 11) is 0. The largest absolute Gasteiger partial charge is 0.294 e. The number of ketones is 1. The van der Waals surface area contributed by atoms with E-state index in [2.05, 4.69) is 25.6 Å². The average molecular weight is 264 g/mol. The average Bonchev–Trinajstić information content (AvgIpc) is 2.49. The minimum absolute atomic E-state index is 0.170. The molecule has 20 heavy (non-hydrogen) atoms. The van der Waals surface area contributed by atoms with Crippen LogP contribution in [-0.4, -0.2) is 5.78 Å². The number of hydrogen-bond acceptors (Lipinski definition) is 1. The van der Waals surface area contributed by atoms with Crippen molar-refractivity contribution in [3.05, 3.63) is 84.4 Å². The van der Waals surface area contributed by atoms with Crippen molar-refractivity contribution < 1.29 is 4.79 Å². The van der Waals surface area contributed by atoms with Crippen molar-refractivity contribution in [3.63, 3.8) is 0 Å². The smallest absolute Gasteiger partial charge is 0.163 e. The number of allylic oxidation sites excluding steroid dienone is 1. The monoisotopic (exact) mass is 264 g/mol. The van der Waals surface area contributed by atoms with Crippen molar-refractivity contribution in [1.82, 2.24) is 0 Å². The third-order valence-electron chi connectivity index (χ3n) is 3.60. The molecule has 0 radical (unpaired) electrons. The van der Waals surface area contributed by atoms with Crippen LogP contribution in [0.2, 0.25) is 0 Å². The molecular weight excluding hydrogens is 244 g/mol. The Kier molecular flexibility index (Phi) is 4.52. The van der Waals surface area contributed by atoms with Gasteiger partial charge in [-0.2, -0.15) is 0 Å². The zero-order valence-electron chi connectivity index (χ0n) is 11.9. The number of Topliss-reactive ketones (excluding diaryl/α,β-unsaturated/α-hetero) is 1. The Morgan fingerprint density at radius 3 is 2.15 bits per heavy atom. The van der Waals surface area contributed by atoms with E-state index in [-0.39, 0.29) is 11.2 Å². The topological polar surface area (TPSA) is 17.1 Å². The van der Waals surface area contributed by atoms with Crippen molar-refractivity contribution in [2.75, 3.05) is 0 Å². The van der Waals surface area contributed by atoms with E-state index >= 15 is 0 Å². The van der Waals surface area contributed by atoms with Crippen LogP contribution in [0.5, 0.6) is 0 Å². The van der Waals surface area contributed by atoms with E-state index in [9.17, 15) is 4.79 Å². The second-order valence-corrected chi connectivity index (χ2v) is 5.49. The Balaban J connectivity index is 2.12. The summed E-state index contributed by atoms with van der Waals surface area (Å²) in [5.41, 5.74) is 1.79. The van der Waals surface area contributed by atoms with Crippen LogP contribution in [0.3, 0.4) is 0 Å². The molecule has 0 spiro atoms. The molecule has 102 valence electrons. The van der Waals surface area contributed by atoms with Crippen LogP contribution < -0.4 is 0 Å². The lowest BCUT2D eigenvalue weighted by atomic mass is 9.78. The number of carbonyl (C=O) groups excluding carboxylic acids is 1. The van der Waals surface area contributed by atoms with Crippen molar-refractivity contribution in [2.24, 2.45) is 5.41 Å². The van der Waals surface area contributed by atoms with E-state index in [1.165, 1.54) is 5.56 Å². The van der Waals surface area contributed by atoms with E-state index in [0.717, 1.165) is 12.0 Å². The number of carbonyl (C=O) groups is 1. The molecule has 0 amide bonds. The first-order valence-corrected chi connectivity index (χ1v) is 6.89. The summed E-state index contributed by atoms with van der Waals surface area (Å²) in [4.78, 5) is 12.4. The second kappa shape index (κ2) is 6.33. The first-order chi connectivity index (χ1) is 9.63. The predicted molar refractivity (Wildman–Crippen MR) is 83.8 cm³/mol. The van der Waals surface area contributed by atoms with Gasteiger partial charge in [0.2, 0.25) is 0 Å². The first kappa shape index (κ1) is 14.3. The number of benzene rings is 2. The van der Waals surface area contributed by atoms with Gasteiger partial charge in [-0.1, -0.05) is 73.7 Å². The van der Waals surface area contributed by atoms with Gasteiger partial charge in [0.1, 0.15) is 0 Å². The maximum absolute atomic E-state index is 12.4. The van der Waals surface area contributed by atoms with Gasteiger partial charge < -0.3 is 0 Å². The molecule has 2 aromatic carbocycles. The zero-order chi connectivity index (χ0) is 14.4. The molecule has 0 fully saturated rings. The Hall–Kier alpha value is -2.15. The van der Waals surface area contributed by atoms with Gasteiger partial charge in [0, 0.05) is 12.0 Å². The van der Waals surface area contributed by atoms with Gasteiger partial charge in [-0.25, -0.2) is 0 Å². The number of hydrogen-bond donors (Lipinski definition) is 0. The lowest BCUT2D eigenvalue weighted by molar-refractivity contribution is 0.0943. The fourth-order valence-corrected chi connectivity index (χ4v) is 2.36. The highest BCUT2D eigenvalue weighted by Gasteiger charge is 2.25. The third-order valence-corrected chi connectivity index (χ3v) is 3.60. The molecular formula is C19H20O. The summed E-state index contributed by atoms with van der Waals surface area (Å²) < 4.78 is 0. The standard InChI is InChI=1S/C19H20O/c1-3-19(2,14-16-10-6-4-7-11-16)15-18(20)17-12-8-5-9-13-17/h3-13H,1,14-15H2,2H3. The van der Waals surface area contributed by atoms with Crippen molar-refractivity contribution >= 4 is 5.78 Å². The highest BCUT2D eigenvalue weighted by molar-refractivity contribution is 5.96. The van der Waals surface area contributed by atoms with Gasteiger partial charge in [-0.05, 0) is 17.4 Å². The summed E-state index contributed by atoms with van der Waals surface area (Å²) in [6.07, 6.45) is 3.21. The minimum atomic E-state index is -0.214. The summed E-state index contributed by atoms with van der Waals surface area (Å²) >= 11 is 0. The Morgan fingerprint density at radius 2 is 1.60 bits per heavy atom. The highest BCUT2D eigenvalue weighted by Crippen LogP contribution is 2.29. The van der Waals surface area contributed by atoms with Gasteiger partial charge in [0.15, 0.2) is 5.78 Å². The van der Waals surface area contributed by atoms with E-state index in [4.69, 9.17) is 0 Å². The molecule has 0 N–H and O–H groups in total. The summed E-state index contributed by atoms with van der Waals surface area (Å²) in [6, 6.07) is 19.7. The van der Waals surface area contributed by atoms with E-state index in [1.54, 1.807) is 0 Å². The quantitative estimate of drug-likeness (QED) is 0.546. The molecule has 0 saturated carbocycles. The molecule has 0 aliphatic carbocycles. The Labute approximate surface area is 121 Å². The molecule has 0 aromatic heterocycles. The Morgan fingerprint density at radius 1 is 1.05 bits per heavy atom. The molecule has 0 aliphatic rings.